The first kappa shape index (κ1) is 19.2. The number of anilines is 2. The van der Waals surface area contributed by atoms with Crippen LogP contribution in [0.1, 0.15) is 5.56 Å². The lowest BCUT2D eigenvalue weighted by Gasteiger charge is -2.12. The Bertz CT molecular complexity index is 1170. The fourth-order valence-corrected chi connectivity index (χ4v) is 4.38. The van der Waals surface area contributed by atoms with Crippen molar-refractivity contribution in [3.63, 3.8) is 0 Å². The van der Waals surface area contributed by atoms with Crippen LogP contribution in [-0.4, -0.2) is 10.1 Å². The molecule has 0 saturated carbocycles. The van der Waals surface area contributed by atoms with Gasteiger partial charge in [-0.15, -0.1) is 11.3 Å². The summed E-state index contributed by atoms with van der Waals surface area (Å²) in [5.74, 6) is 0. The van der Waals surface area contributed by atoms with Gasteiger partial charge in [-0.1, -0.05) is 35.3 Å². The van der Waals surface area contributed by atoms with Crippen LogP contribution in [0.2, 0.25) is 10.0 Å². The van der Waals surface area contributed by atoms with Crippen LogP contribution in [0.3, 0.4) is 0 Å². The molecule has 0 radical (unpaired) electrons. The van der Waals surface area contributed by atoms with Gasteiger partial charge in [-0.3, -0.25) is 0 Å². The van der Waals surface area contributed by atoms with Crippen LogP contribution in [0.25, 0.3) is 20.8 Å². The van der Waals surface area contributed by atoms with E-state index in [-0.39, 0.29) is 0 Å². The lowest BCUT2D eigenvalue weighted by Crippen LogP contribution is -2.19. The summed E-state index contributed by atoms with van der Waals surface area (Å²) in [4.78, 5) is 4.72. The highest BCUT2D eigenvalue weighted by Crippen LogP contribution is 2.32. The van der Waals surface area contributed by atoms with Crippen LogP contribution in [0.4, 0.5) is 11.4 Å². The van der Waals surface area contributed by atoms with Crippen molar-refractivity contribution in [2.75, 3.05) is 10.6 Å². The molecule has 1 heterocycles. The first-order valence-corrected chi connectivity index (χ1v) is 10.5. The topological polar surface area (TPSA) is 37.0 Å². The number of halogens is 2. The summed E-state index contributed by atoms with van der Waals surface area (Å²) in [6.07, 6.45) is 0. The Balaban J connectivity index is 1.48. The first-order chi connectivity index (χ1) is 13.5. The smallest absolute Gasteiger partial charge is 0.175 e. The van der Waals surface area contributed by atoms with Crippen LogP contribution in [-0.2, 0) is 0 Å². The van der Waals surface area contributed by atoms with Gasteiger partial charge in [0, 0.05) is 11.3 Å². The van der Waals surface area contributed by atoms with Gasteiger partial charge in [0.05, 0.1) is 25.9 Å². The lowest BCUT2D eigenvalue weighted by atomic mass is 10.2. The molecular formula is C21H15Cl2N3S2. The van der Waals surface area contributed by atoms with Gasteiger partial charge in [-0.2, -0.15) is 0 Å². The minimum atomic E-state index is 0.437. The molecule has 0 saturated heterocycles. The van der Waals surface area contributed by atoms with Gasteiger partial charge < -0.3 is 10.6 Å². The van der Waals surface area contributed by atoms with E-state index in [4.69, 9.17) is 40.4 Å². The van der Waals surface area contributed by atoms with Gasteiger partial charge in [0.2, 0.25) is 0 Å². The highest BCUT2D eigenvalue weighted by Gasteiger charge is 2.08. The molecule has 0 fully saturated rings. The van der Waals surface area contributed by atoms with Crippen molar-refractivity contribution in [1.82, 2.24) is 4.98 Å². The molecule has 7 heteroatoms. The number of rotatable bonds is 3. The fourth-order valence-electron chi connectivity index (χ4n) is 2.74. The zero-order valence-corrected chi connectivity index (χ0v) is 17.9. The van der Waals surface area contributed by atoms with Gasteiger partial charge in [0.1, 0.15) is 5.01 Å². The summed E-state index contributed by atoms with van der Waals surface area (Å²) in [6.45, 7) is 2.09. The molecular weight excluding hydrogens is 429 g/mol. The van der Waals surface area contributed by atoms with Crippen LogP contribution in [0.5, 0.6) is 0 Å². The van der Waals surface area contributed by atoms with Gasteiger partial charge in [0.15, 0.2) is 5.11 Å². The summed E-state index contributed by atoms with van der Waals surface area (Å²) in [5, 5.41) is 8.57. The molecule has 0 aliphatic heterocycles. The Kier molecular flexibility index (Phi) is 5.51. The normalized spacial score (nSPS) is 10.8. The number of thiazole rings is 1. The number of hydrogen-bond donors (Lipinski definition) is 2. The fraction of sp³-hybridized carbons (Fsp3) is 0.0476. The van der Waals surface area contributed by atoms with Gasteiger partial charge in [0.25, 0.3) is 0 Å². The molecule has 0 amide bonds. The van der Waals surface area contributed by atoms with Crippen molar-refractivity contribution in [2.24, 2.45) is 0 Å². The molecule has 0 atom stereocenters. The first-order valence-electron chi connectivity index (χ1n) is 8.49. The number of aryl methyl sites for hydroxylation is 1. The van der Waals surface area contributed by atoms with E-state index in [2.05, 4.69) is 35.8 Å². The third-order valence-electron chi connectivity index (χ3n) is 4.13. The van der Waals surface area contributed by atoms with E-state index < -0.39 is 0 Å². The Morgan fingerprint density at radius 2 is 1.79 bits per heavy atom. The maximum Gasteiger partial charge on any atom is 0.175 e. The van der Waals surface area contributed by atoms with Gasteiger partial charge in [-0.05, 0) is 73.2 Å². The molecule has 0 aliphatic rings. The van der Waals surface area contributed by atoms with E-state index in [1.807, 2.05) is 36.4 Å². The molecule has 4 aromatic rings. The molecule has 0 bridgehead atoms. The Morgan fingerprint density at radius 3 is 2.57 bits per heavy atom. The largest absolute Gasteiger partial charge is 0.332 e. The monoisotopic (exact) mass is 443 g/mol. The molecule has 0 spiro atoms. The molecule has 3 aromatic carbocycles. The van der Waals surface area contributed by atoms with Crippen LogP contribution in [0.15, 0.2) is 60.7 Å². The predicted octanol–water partition coefficient (Wildman–Crippen LogP) is 7.39. The van der Waals surface area contributed by atoms with Crippen LogP contribution >= 0.6 is 46.8 Å². The summed E-state index contributed by atoms with van der Waals surface area (Å²) in [7, 11) is 0. The quantitative estimate of drug-likeness (QED) is 0.323. The molecule has 2 N–H and O–H groups in total. The van der Waals surface area contributed by atoms with E-state index in [1.165, 1.54) is 10.3 Å². The molecule has 4 rings (SSSR count). The predicted molar refractivity (Wildman–Crippen MR) is 126 cm³/mol. The van der Waals surface area contributed by atoms with E-state index in [0.717, 1.165) is 21.8 Å². The third kappa shape index (κ3) is 4.13. The summed E-state index contributed by atoms with van der Waals surface area (Å²) in [6, 6.07) is 19.7. The average molecular weight is 444 g/mol. The Hall–Kier alpha value is -2.18. The van der Waals surface area contributed by atoms with Crippen molar-refractivity contribution in [3.05, 3.63) is 76.3 Å². The number of thiocarbonyl (C=S) groups is 1. The van der Waals surface area contributed by atoms with Crippen molar-refractivity contribution >= 4 is 73.5 Å². The molecule has 0 unspecified atom stereocenters. The maximum absolute atomic E-state index is 6.18. The van der Waals surface area contributed by atoms with Gasteiger partial charge >= 0.3 is 0 Å². The number of nitrogens with zero attached hydrogens (tertiary/aromatic N) is 1. The second kappa shape index (κ2) is 8.05. The van der Waals surface area contributed by atoms with Crippen LogP contribution < -0.4 is 10.6 Å². The van der Waals surface area contributed by atoms with E-state index >= 15 is 0 Å². The van der Waals surface area contributed by atoms with Crippen molar-refractivity contribution in [1.29, 1.82) is 0 Å². The highest BCUT2D eigenvalue weighted by atomic mass is 35.5. The zero-order valence-electron chi connectivity index (χ0n) is 14.8. The summed E-state index contributed by atoms with van der Waals surface area (Å²) < 4.78 is 1.20. The van der Waals surface area contributed by atoms with Crippen molar-refractivity contribution in [3.8, 4) is 10.6 Å². The average Bonchev–Trinajstić information content (AvgIpc) is 3.09. The zero-order chi connectivity index (χ0) is 19.7. The summed E-state index contributed by atoms with van der Waals surface area (Å²) >= 11 is 19.3. The second-order valence-electron chi connectivity index (χ2n) is 6.25. The standard InChI is InChI=1S/C21H15Cl2N3S2/c1-12-5-10-16-18(11-12)28-20(25-16)13-6-8-14(9-7-13)24-21(27)26-17-4-2-3-15(22)19(17)23/h2-11H,1H3,(H2,24,26,27). The van der Waals surface area contributed by atoms with Crippen molar-refractivity contribution in [2.45, 2.75) is 6.92 Å². The number of fused-ring (bicyclic) bond motifs is 1. The SMILES string of the molecule is Cc1ccc2nc(-c3ccc(NC(=S)Nc4cccc(Cl)c4Cl)cc3)sc2c1. The summed E-state index contributed by atoms with van der Waals surface area (Å²) in [5.41, 5.74) is 4.87. The van der Waals surface area contributed by atoms with Crippen LogP contribution in [0, 0.1) is 6.92 Å². The van der Waals surface area contributed by atoms with E-state index in [9.17, 15) is 0 Å². The Morgan fingerprint density at radius 1 is 1.00 bits per heavy atom. The number of hydrogen-bond acceptors (Lipinski definition) is 3. The molecule has 140 valence electrons. The highest BCUT2D eigenvalue weighted by molar-refractivity contribution is 7.80. The maximum atomic E-state index is 6.18. The molecule has 28 heavy (non-hydrogen) atoms. The second-order valence-corrected chi connectivity index (χ2v) is 8.47. The molecule has 0 aliphatic carbocycles. The van der Waals surface area contributed by atoms with E-state index in [0.29, 0.717) is 20.8 Å². The molecule has 1 aromatic heterocycles. The lowest BCUT2D eigenvalue weighted by molar-refractivity contribution is 1.45. The number of aromatic nitrogens is 1. The minimum absolute atomic E-state index is 0.437. The third-order valence-corrected chi connectivity index (χ3v) is 6.22. The van der Waals surface area contributed by atoms with Gasteiger partial charge in [-0.25, -0.2) is 4.98 Å². The number of benzene rings is 3. The van der Waals surface area contributed by atoms with E-state index in [1.54, 1.807) is 17.4 Å². The minimum Gasteiger partial charge on any atom is -0.332 e. The van der Waals surface area contributed by atoms with Crippen molar-refractivity contribution < 1.29 is 0 Å². The Labute approximate surface area is 182 Å². The molecule has 3 nitrogen and oxygen atoms in total. The number of nitrogens with one attached hydrogen (secondary N) is 2.